The van der Waals surface area contributed by atoms with Crippen LogP contribution in [0, 0.1) is 6.92 Å². The molecule has 0 radical (unpaired) electrons. The summed E-state index contributed by atoms with van der Waals surface area (Å²) in [7, 11) is 0. The van der Waals surface area contributed by atoms with Crippen LogP contribution in [-0.2, 0) is 0 Å². The third-order valence-corrected chi connectivity index (χ3v) is 3.75. The van der Waals surface area contributed by atoms with Gasteiger partial charge >= 0.3 is 0 Å². The Morgan fingerprint density at radius 2 is 2.18 bits per heavy atom. The molecule has 2 rings (SSSR count). The Labute approximate surface area is 109 Å². The molecule has 0 amide bonds. The van der Waals surface area contributed by atoms with Gasteiger partial charge in [-0.2, -0.15) is 0 Å². The maximum atomic E-state index is 6.23. The zero-order valence-electron chi connectivity index (χ0n) is 10.8. The Morgan fingerprint density at radius 1 is 1.41 bits per heavy atom. The number of rotatable bonds is 3. The van der Waals surface area contributed by atoms with E-state index in [-0.39, 0.29) is 0 Å². The molecule has 1 aromatic carbocycles. The molecule has 0 aromatic heterocycles. The summed E-state index contributed by atoms with van der Waals surface area (Å²) < 4.78 is 0. The fourth-order valence-corrected chi connectivity index (χ4v) is 2.62. The van der Waals surface area contributed by atoms with Crippen LogP contribution in [0.1, 0.15) is 25.8 Å². The van der Waals surface area contributed by atoms with Gasteiger partial charge < -0.3 is 5.32 Å². The lowest BCUT2D eigenvalue weighted by atomic mass is 10.2. The van der Waals surface area contributed by atoms with E-state index in [1.165, 1.54) is 18.5 Å². The van der Waals surface area contributed by atoms with Gasteiger partial charge in [0.15, 0.2) is 0 Å². The number of nitrogens with zero attached hydrogens (tertiary/aromatic N) is 1. The van der Waals surface area contributed by atoms with Crippen molar-refractivity contribution in [2.75, 3.05) is 18.4 Å². The molecule has 1 atom stereocenters. The number of nitrogens with one attached hydrogen (secondary N) is 1. The first kappa shape index (κ1) is 12.7. The van der Waals surface area contributed by atoms with Crippen molar-refractivity contribution in [3.05, 3.63) is 28.8 Å². The van der Waals surface area contributed by atoms with Gasteiger partial charge in [0, 0.05) is 25.2 Å². The highest BCUT2D eigenvalue weighted by Crippen LogP contribution is 2.25. The molecule has 1 heterocycles. The Kier molecular flexibility index (Phi) is 3.95. The highest BCUT2D eigenvalue weighted by Gasteiger charge is 2.24. The van der Waals surface area contributed by atoms with Crippen molar-refractivity contribution in [1.82, 2.24) is 4.90 Å². The Hall–Kier alpha value is -0.730. The Bertz CT molecular complexity index is 390. The summed E-state index contributed by atoms with van der Waals surface area (Å²) in [5.74, 6) is 0. The summed E-state index contributed by atoms with van der Waals surface area (Å²) in [6.45, 7) is 8.86. The van der Waals surface area contributed by atoms with Crippen molar-refractivity contribution in [3.8, 4) is 0 Å². The first-order valence-corrected chi connectivity index (χ1v) is 6.71. The van der Waals surface area contributed by atoms with E-state index >= 15 is 0 Å². The van der Waals surface area contributed by atoms with Crippen molar-refractivity contribution in [2.45, 2.75) is 39.3 Å². The van der Waals surface area contributed by atoms with Crippen molar-refractivity contribution >= 4 is 17.3 Å². The van der Waals surface area contributed by atoms with Crippen LogP contribution in [-0.4, -0.2) is 30.1 Å². The molecule has 0 aliphatic carbocycles. The predicted molar refractivity (Wildman–Crippen MR) is 74.9 cm³/mol. The molecule has 0 spiro atoms. The minimum absolute atomic E-state index is 0.526. The van der Waals surface area contributed by atoms with Gasteiger partial charge in [0.05, 0.1) is 10.7 Å². The molecule has 1 aliphatic heterocycles. The Balaban J connectivity index is 1.98. The molecular formula is C14H21ClN2. The second-order valence-electron chi connectivity index (χ2n) is 5.20. The van der Waals surface area contributed by atoms with Crippen LogP contribution in [0.2, 0.25) is 5.02 Å². The van der Waals surface area contributed by atoms with Gasteiger partial charge in [-0.15, -0.1) is 0 Å². The number of halogens is 1. The summed E-state index contributed by atoms with van der Waals surface area (Å²) >= 11 is 6.23. The molecular weight excluding hydrogens is 232 g/mol. The van der Waals surface area contributed by atoms with Crippen LogP contribution in [0.4, 0.5) is 5.69 Å². The van der Waals surface area contributed by atoms with Crippen LogP contribution >= 0.6 is 11.6 Å². The molecule has 2 nitrogen and oxygen atoms in total. The van der Waals surface area contributed by atoms with E-state index in [9.17, 15) is 0 Å². The van der Waals surface area contributed by atoms with Crippen molar-refractivity contribution in [1.29, 1.82) is 0 Å². The summed E-state index contributed by atoms with van der Waals surface area (Å²) in [4.78, 5) is 2.50. The van der Waals surface area contributed by atoms with E-state index in [1.54, 1.807) is 0 Å². The Morgan fingerprint density at radius 3 is 2.76 bits per heavy atom. The average Bonchev–Trinajstić information content (AvgIpc) is 2.71. The standard InChI is InChI=1S/C14H21ClN2/c1-10(2)17-7-6-12(9-17)16-14-5-4-11(3)8-13(14)15/h4-5,8,10,12,16H,6-7,9H2,1-3H3. The largest absolute Gasteiger partial charge is 0.380 e. The fourth-order valence-electron chi connectivity index (χ4n) is 2.33. The van der Waals surface area contributed by atoms with Gasteiger partial charge in [-0.3, -0.25) is 4.90 Å². The molecule has 1 aliphatic rings. The number of aryl methyl sites for hydroxylation is 1. The molecule has 1 aromatic rings. The first-order chi connectivity index (χ1) is 8.06. The maximum Gasteiger partial charge on any atom is 0.0640 e. The molecule has 0 saturated carbocycles. The monoisotopic (exact) mass is 252 g/mol. The van der Waals surface area contributed by atoms with E-state index < -0.39 is 0 Å². The lowest BCUT2D eigenvalue weighted by Crippen LogP contribution is -2.31. The third-order valence-electron chi connectivity index (χ3n) is 3.43. The fraction of sp³-hybridized carbons (Fsp3) is 0.571. The summed E-state index contributed by atoms with van der Waals surface area (Å²) in [5, 5.41) is 4.37. The molecule has 94 valence electrons. The van der Waals surface area contributed by atoms with Gasteiger partial charge in [0.2, 0.25) is 0 Å². The van der Waals surface area contributed by atoms with Gasteiger partial charge in [-0.05, 0) is 44.9 Å². The number of anilines is 1. The van der Waals surface area contributed by atoms with E-state index in [2.05, 4.69) is 43.1 Å². The second kappa shape index (κ2) is 5.28. The molecule has 1 N–H and O–H groups in total. The van der Waals surface area contributed by atoms with Crippen LogP contribution in [0.25, 0.3) is 0 Å². The van der Waals surface area contributed by atoms with E-state index in [1.807, 2.05) is 6.07 Å². The summed E-state index contributed by atoms with van der Waals surface area (Å²) in [6.07, 6.45) is 1.20. The average molecular weight is 253 g/mol. The number of likely N-dealkylation sites (tertiary alicyclic amines) is 1. The number of hydrogen-bond acceptors (Lipinski definition) is 2. The third kappa shape index (κ3) is 3.14. The first-order valence-electron chi connectivity index (χ1n) is 6.33. The van der Waals surface area contributed by atoms with Crippen LogP contribution in [0.5, 0.6) is 0 Å². The van der Waals surface area contributed by atoms with E-state index in [0.717, 1.165) is 17.3 Å². The predicted octanol–water partition coefficient (Wildman–Crippen LogP) is 3.54. The topological polar surface area (TPSA) is 15.3 Å². The molecule has 1 saturated heterocycles. The lowest BCUT2D eigenvalue weighted by molar-refractivity contribution is 0.274. The maximum absolute atomic E-state index is 6.23. The number of benzene rings is 1. The van der Waals surface area contributed by atoms with Gasteiger partial charge in [-0.1, -0.05) is 17.7 Å². The lowest BCUT2D eigenvalue weighted by Gasteiger charge is -2.21. The van der Waals surface area contributed by atoms with Gasteiger partial charge in [0.25, 0.3) is 0 Å². The normalized spacial score (nSPS) is 21.1. The highest BCUT2D eigenvalue weighted by molar-refractivity contribution is 6.33. The summed E-state index contributed by atoms with van der Waals surface area (Å²) in [5.41, 5.74) is 2.27. The van der Waals surface area contributed by atoms with Crippen molar-refractivity contribution in [2.24, 2.45) is 0 Å². The van der Waals surface area contributed by atoms with Gasteiger partial charge in [-0.25, -0.2) is 0 Å². The highest BCUT2D eigenvalue weighted by atomic mass is 35.5. The molecule has 1 unspecified atom stereocenters. The van der Waals surface area contributed by atoms with Crippen LogP contribution < -0.4 is 5.32 Å². The molecule has 1 fully saturated rings. The SMILES string of the molecule is Cc1ccc(NC2CCN(C(C)C)C2)c(Cl)c1. The van der Waals surface area contributed by atoms with Gasteiger partial charge in [0.1, 0.15) is 0 Å². The quantitative estimate of drug-likeness (QED) is 0.885. The van der Waals surface area contributed by atoms with Crippen LogP contribution in [0.15, 0.2) is 18.2 Å². The smallest absolute Gasteiger partial charge is 0.0640 e. The minimum Gasteiger partial charge on any atom is -0.380 e. The van der Waals surface area contributed by atoms with E-state index in [4.69, 9.17) is 11.6 Å². The second-order valence-corrected chi connectivity index (χ2v) is 5.61. The summed E-state index contributed by atoms with van der Waals surface area (Å²) in [6, 6.07) is 7.35. The molecule has 3 heteroatoms. The molecule has 17 heavy (non-hydrogen) atoms. The van der Waals surface area contributed by atoms with Crippen LogP contribution in [0.3, 0.4) is 0 Å². The van der Waals surface area contributed by atoms with E-state index in [0.29, 0.717) is 12.1 Å². The minimum atomic E-state index is 0.526. The zero-order chi connectivity index (χ0) is 12.4. The van der Waals surface area contributed by atoms with Crippen molar-refractivity contribution in [3.63, 3.8) is 0 Å². The number of hydrogen-bond donors (Lipinski definition) is 1. The van der Waals surface area contributed by atoms with Crippen molar-refractivity contribution < 1.29 is 0 Å². The molecule has 0 bridgehead atoms. The zero-order valence-corrected chi connectivity index (χ0v) is 11.6.